The van der Waals surface area contributed by atoms with Gasteiger partial charge in [0.05, 0.1) is 4.47 Å². The normalized spacial score (nSPS) is 14.2. The Balaban J connectivity index is 1.93. The van der Waals surface area contributed by atoms with E-state index in [1.165, 1.54) is 17.3 Å². The molecule has 3 rings (SSSR count). The molecule has 0 atom stereocenters. The Labute approximate surface area is 126 Å². The molecule has 1 heterocycles. The smallest absolute Gasteiger partial charge is 0.137 e. The van der Waals surface area contributed by atoms with E-state index in [2.05, 4.69) is 26.9 Å². The number of hydrogen-bond donors (Lipinski definition) is 1. The third-order valence-corrected chi connectivity index (χ3v) is 4.61. The van der Waals surface area contributed by atoms with Crippen molar-refractivity contribution in [3.63, 3.8) is 0 Å². The molecule has 0 unspecified atom stereocenters. The number of benzene rings is 2. The zero-order valence-corrected chi connectivity index (χ0v) is 12.7. The summed E-state index contributed by atoms with van der Waals surface area (Å²) in [5, 5.41) is 0. The highest BCUT2D eigenvalue weighted by Crippen LogP contribution is 2.31. The van der Waals surface area contributed by atoms with E-state index < -0.39 is 0 Å². The van der Waals surface area contributed by atoms with Crippen LogP contribution in [0.5, 0.6) is 0 Å². The van der Waals surface area contributed by atoms with Crippen molar-refractivity contribution in [2.75, 3.05) is 17.2 Å². The number of aryl methyl sites for hydroxylation is 1. The van der Waals surface area contributed by atoms with Gasteiger partial charge < -0.3 is 10.6 Å². The van der Waals surface area contributed by atoms with Crippen LogP contribution >= 0.6 is 15.9 Å². The third kappa shape index (κ3) is 2.52. The summed E-state index contributed by atoms with van der Waals surface area (Å²) in [5.41, 5.74) is 10.1. The highest BCUT2D eigenvalue weighted by Gasteiger charge is 2.18. The van der Waals surface area contributed by atoms with Gasteiger partial charge in [0.25, 0.3) is 0 Å². The van der Waals surface area contributed by atoms with Crippen molar-refractivity contribution in [2.45, 2.75) is 19.4 Å². The Morgan fingerprint density at radius 3 is 2.95 bits per heavy atom. The van der Waals surface area contributed by atoms with Crippen LogP contribution in [0.15, 0.2) is 40.9 Å². The lowest BCUT2D eigenvalue weighted by atomic mass is 10.0. The van der Waals surface area contributed by atoms with Gasteiger partial charge in [0, 0.05) is 24.5 Å². The summed E-state index contributed by atoms with van der Waals surface area (Å²) < 4.78 is 14.2. The predicted octanol–water partition coefficient (Wildman–Crippen LogP) is 4.12. The molecule has 2 nitrogen and oxygen atoms in total. The van der Waals surface area contributed by atoms with Crippen molar-refractivity contribution in [2.24, 2.45) is 0 Å². The Morgan fingerprint density at radius 1 is 1.25 bits per heavy atom. The van der Waals surface area contributed by atoms with Gasteiger partial charge in [-0.1, -0.05) is 18.2 Å². The predicted molar refractivity (Wildman–Crippen MR) is 84.3 cm³/mol. The van der Waals surface area contributed by atoms with E-state index in [0.29, 0.717) is 11.0 Å². The van der Waals surface area contributed by atoms with E-state index in [1.54, 1.807) is 6.07 Å². The zero-order chi connectivity index (χ0) is 14.1. The fraction of sp³-hybridized carbons (Fsp3) is 0.250. The Morgan fingerprint density at radius 2 is 2.10 bits per heavy atom. The number of halogens is 2. The summed E-state index contributed by atoms with van der Waals surface area (Å²) in [6.07, 6.45) is 2.19. The minimum Gasteiger partial charge on any atom is -0.399 e. The summed E-state index contributed by atoms with van der Waals surface area (Å²) >= 11 is 3.34. The second-order valence-corrected chi connectivity index (χ2v) is 5.92. The Bertz CT molecular complexity index is 642. The first-order valence-corrected chi connectivity index (χ1v) is 7.50. The quantitative estimate of drug-likeness (QED) is 0.837. The Kier molecular flexibility index (Phi) is 3.66. The van der Waals surface area contributed by atoms with Crippen molar-refractivity contribution in [1.82, 2.24) is 0 Å². The minimum atomic E-state index is -0.215. The van der Waals surface area contributed by atoms with Gasteiger partial charge in [-0.05, 0) is 58.1 Å². The number of fused-ring (bicyclic) bond motifs is 1. The standard InChI is InChI=1S/C16H16BrFN2/c17-16-12(3-1-5-14(16)18)10-20-8-2-4-11-6-7-13(19)9-15(11)20/h1,3,5-7,9H,2,4,8,10,19H2. The topological polar surface area (TPSA) is 29.3 Å². The maximum atomic E-state index is 13.6. The zero-order valence-electron chi connectivity index (χ0n) is 11.1. The fourth-order valence-corrected chi connectivity index (χ4v) is 3.10. The molecule has 0 bridgehead atoms. The molecule has 104 valence electrons. The van der Waals surface area contributed by atoms with E-state index in [0.717, 1.165) is 30.6 Å². The second-order valence-electron chi connectivity index (χ2n) is 5.13. The van der Waals surface area contributed by atoms with E-state index in [4.69, 9.17) is 5.73 Å². The summed E-state index contributed by atoms with van der Waals surface area (Å²) in [7, 11) is 0. The highest BCUT2D eigenvalue weighted by atomic mass is 79.9. The lowest BCUT2D eigenvalue weighted by Gasteiger charge is -2.32. The van der Waals surface area contributed by atoms with Crippen LogP contribution < -0.4 is 10.6 Å². The molecule has 0 amide bonds. The van der Waals surface area contributed by atoms with E-state index >= 15 is 0 Å². The maximum absolute atomic E-state index is 13.6. The average molecular weight is 335 g/mol. The number of nitrogen functional groups attached to an aromatic ring is 1. The summed E-state index contributed by atoms with van der Waals surface area (Å²) in [6, 6.07) is 11.2. The number of nitrogens with zero attached hydrogens (tertiary/aromatic N) is 1. The lowest BCUT2D eigenvalue weighted by molar-refractivity contribution is 0.615. The summed E-state index contributed by atoms with van der Waals surface area (Å²) in [5.74, 6) is -0.215. The fourth-order valence-electron chi connectivity index (χ4n) is 2.71. The van der Waals surface area contributed by atoms with Gasteiger partial charge in [0.1, 0.15) is 5.82 Å². The first-order chi connectivity index (χ1) is 9.65. The molecule has 0 saturated heterocycles. The third-order valence-electron chi connectivity index (χ3n) is 3.72. The van der Waals surface area contributed by atoms with Crippen LogP contribution in [-0.2, 0) is 13.0 Å². The molecule has 0 spiro atoms. The van der Waals surface area contributed by atoms with Crippen LogP contribution in [0.4, 0.5) is 15.8 Å². The van der Waals surface area contributed by atoms with Crippen LogP contribution in [0.1, 0.15) is 17.5 Å². The molecule has 4 heteroatoms. The van der Waals surface area contributed by atoms with Gasteiger partial charge in [-0.25, -0.2) is 4.39 Å². The molecule has 0 saturated carbocycles. The number of hydrogen-bond acceptors (Lipinski definition) is 2. The Hall–Kier alpha value is -1.55. The number of nitrogens with two attached hydrogens (primary N) is 1. The van der Waals surface area contributed by atoms with Crippen LogP contribution in [-0.4, -0.2) is 6.54 Å². The summed E-state index contributed by atoms with van der Waals surface area (Å²) in [6.45, 7) is 1.66. The van der Waals surface area contributed by atoms with Crippen molar-refractivity contribution in [3.8, 4) is 0 Å². The van der Waals surface area contributed by atoms with Gasteiger partial charge in [-0.3, -0.25) is 0 Å². The summed E-state index contributed by atoms with van der Waals surface area (Å²) in [4.78, 5) is 2.27. The molecule has 0 radical (unpaired) electrons. The van der Waals surface area contributed by atoms with Gasteiger partial charge in [-0.2, -0.15) is 0 Å². The molecule has 0 fully saturated rings. The van der Waals surface area contributed by atoms with Crippen LogP contribution in [0.25, 0.3) is 0 Å². The number of anilines is 2. The SMILES string of the molecule is Nc1ccc2c(c1)N(Cc1cccc(F)c1Br)CCC2. The molecular weight excluding hydrogens is 319 g/mol. The largest absolute Gasteiger partial charge is 0.399 e. The molecular formula is C16H16BrFN2. The first kappa shape index (κ1) is 13.4. The molecule has 2 aromatic carbocycles. The van der Waals surface area contributed by atoms with Crippen LogP contribution in [0.2, 0.25) is 0 Å². The second kappa shape index (κ2) is 5.44. The van der Waals surface area contributed by atoms with Gasteiger partial charge in [0.15, 0.2) is 0 Å². The lowest BCUT2D eigenvalue weighted by Crippen LogP contribution is -2.29. The molecule has 20 heavy (non-hydrogen) atoms. The molecule has 2 aromatic rings. The maximum Gasteiger partial charge on any atom is 0.137 e. The van der Waals surface area contributed by atoms with E-state index in [9.17, 15) is 4.39 Å². The van der Waals surface area contributed by atoms with Crippen LogP contribution in [0, 0.1) is 5.82 Å². The van der Waals surface area contributed by atoms with Crippen molar-refractivity contribution in [3.05, 3.63) is 57.8 Å². The van der Waals surface area contributed by atoms with Gasteiger partial charge in [-0.15, -0.1) is 0 Å². The molecule has 0 aliphatic carbocycles. The van der Waals surface area contributed by atoms with E-state index in [1.807, 2.05) is 18.2 Å². The van der Waals surface area contributed by atoms with E-state index in [-0.39, 0.29) is 5.82 Å². The molecule has 1 aliphatic heterocycles. The van der Waals surface area contributed by atoms with Gasteiger partial charge >= 0.3 is 0 Å². The van der Waals surface area contributed by atoms with Crippen molar-refractivity contribution in [1.29, 1.82) is 0 Å². The van der Waals surface area contributed by atoms with Gasteiger partial charge in [0.2, 0.25) is 0 Å². The minimum absolute atomic E-state index is 0.215. The average Bonchev–Trinajstić information content (AvgIpc) is 2.44. The number of rotatable bonds is 2. The molecule has 2 N–H and O–H groups in total. The molecule has 0 aromatic heterocycles. The molecule has 1 aliphatic rings. The van der Waals surface area contributed by atoms with Crippen molar-refractivity contribution >= 4 is 27.3 Å². The van der Waals surface area contributed by atoms with Crippen LogP contribution in [0.3, 0.4) is 0 Å². The first-order valence-electron chi connectivity index (χ1n) is 6.71. The monoisotopic (exact) mass is 334 g/mol. The van der Waals surface area contributed by atoms with Crippen molar-refractivity contribution < 1.29 is 4.39 Å². The highest BCUT2D eigenvalue weighted by molar-refractivity contribution is 9.10.